The largest absolute Gasteiger partial charge is 0.482 e. The van der Waals surface area contributed by atoms with E-state index < -0.39 is 0 Å². The zero-order valence-electron chi connectivity index (χ0n) is 13.5. The monoisotopic (exact) mass is 368 g/mol. The van der Waals surface area contributed by atoms with E-state index in [0.717, 1.165) is 24.2 Å². The fourth-order valence-corrected chi connectivity index (χ4v) is 2.32. The van der Waals surface area contributed by atoms with Crippen LogP contribution in [-0.2, 0) is 4.79 Å². The Kier molecular flexibility index (Phi) is 9.23. The molecule has 6 heteroatoms. The number of rotatable bonds is 8. The summed E-state index contributed by atoms with van der Waals surface area (Å²) in [5, 5.41) is 6.40. The highest BCUT2D eigenvalue weighted by Crippen LogP contribution is 2.30. The summed E-state index contributed by atoms with van der Waals surface area (Å²) < 4.78 is 5.48. The van der Waals surface area contributed by atoms with E-state index in [1.54, 1.807) is 6.07 Å². The molecule has 0 unspecified atom stereocenters. The lowest BCUT2D eigenvalue weighted by Crippen LogP contribution is -2.34. The molecular formula is C18H22Cl2N2O2. The molecule has 0 aliphatic heterocycles. The average molecular weight is 369 g/mol. The normalized spacial score (nSPS) is 9.92. The van der Waals surface area contributed by atoms with E-state index >= 15 is 0 Å². The molecule has 2 rings (SSSR count). The topological polar surface area (TPSA) is 50.4 Å². The van der Waals surface area contributed by atoms with Crippen LogP contribution in [0.4, 0.5) is 0 Å². The minimum absolute atomic E-state index is 0. The van der Waals surface area contributed by atoms with Gasteiger partial charge in [-0.1, -0.05) is 54.9 Å². The quantitative estimate of drug-likeness (QED) is 0.700. The molecule has 0 saturated heterocycles. The zero-order chi connectivity index (χ0) is 16.5. The molecule has 0 aliphatic rings. The smallest absolute Gasteiger partial charge is 0.257 e. The van der Waals surface area contributed by atoms with Crippen molar-refractivity contribution in [1.29, 1.82) is 0 Å². The molecule has 2 aromatic rings. The van der Waals surface area contributed by atoms with Crippen LogP contribution in [0, 0.1) is 0 Å². The predicted molar refractivity (Wildman–Crippen MR) is 101 cm³/mol. The van der Waals surface area contributed by atoms with Crippen molar-refractivity contribution in [2.45, 2.75) is 6.92 Å². The van der Waals surface area contributed by atoms with Gasteiger partial charge in [-0.25, -0.2) is 0 Å². The van der Waals surface area contributed by atoms with Crippen LogP contribution >= 0.6 is 24.0 Å². The van der Waals surface area contributed by atoms with Gasteiger partial charge in [-0.2, -0.15) is 0 Å². The molecule has 0 atom stereocenters. The van der Waals surface area contributed by atoms with Gasteiger partial charge in [-0.3, -0.25) is 4.79 Å². The van der Waals surface area contributed by atoms with Crippen molar-refractivity contribution in [3.63, 3.8) is 0 Å². The summed E-state index contributed by atoms with van der Waals surface area (Å²) in [5.41, 5.74) is 2.10. The van der Waals surface area contributed by atoms with E-state index in [9.17, 15) is 4.79 Å². The van der Waals surface area contributed by atoms with Gasteiger partial charge in [0.05, 0.1) is 5.02 Å². The molecular weight excluding hydrogens is 347 g/mol. The van der Waals surface area contributed by atoms with Gasteiger partial charge in [-0.05, 0) is 29.8 Å². The van der Waals surface area contributed by atoms with Gasteiger partial charge in [0.15, 0.2) is 6.61 Å². The van der Waals surface area contributed by atoms with Crippen molar-refractivity contribution in [3.05, 3.63) is 53.6 Å². The second kappa shape index (κ2) is 10.9. The first-order valence-corrected chi connectivity index (χ1v) is 8.03. The minimum atomic E-state index is -0.161. The molecule has 0 fully saturated rings. The van der Waals surface area contributed by atoms with E-state index in [2.05, 4.69) is 10.6 Å². The maximum atomic E-state index is 11.7. The SMILES string of the molecule is CCNCCNC(=O)COc1ccc(-c2ccccc2)cc1Cl.Cl. The lowest BCUT2D eigenvalue weighted by Gasteiger charge is -2.10. The Balaban J connectivity index is 0.00000288. The third kappa shape index (κ3) is 6.40. The van der Waals surface area contributed by atoms with Crippen LogP contribution in [-0.4, -0.2) is 32.1 Å². The highest BCUT2D eigenvalue weighted by atomic mass is 35.5. The number of hydrogen-bond acceptors (Lipinski definition) is 3. The number of benzene rings is 2. The van der Waals surface area contributed by atoms with Crippen molar-refractivity contribution in [1.82, 2.24) is 10.6 Å². The Hall–Kier alpha value is -1.75. The Morgan fingerprint density at radius 1 is 1.08 bits per heavy atom. The summed E-state index contributed by atoms with van der Waals surface area (Å²) in [6.07, 6.45) is 0. The van der Waals surface area contributed by atoms with Gasteiger partial charge in [0.2, 0.25) is 0 Å². The number of amides is 1. The predicted octanol–water partition coefficient (Wildman–Crippen LogP) is 3.53. The molecule has 0 radical (unpaired) electrons. The number of ether oxygens (including phenoxy) is 1. The standard InChI is InChI=1S/C18H21ClN2O2.ClH/c1-2-20-10-11-21-18(22)13-23-17-9-8-15(12-16(17)19)14-6-4-3-5-7-14;/h3-9,12,20H,2,10-11,13H2,1H3,(H,21,22);1H. The molecule has 0 bridgehead atoms. The van der Waals surface area contributed by atoms with Crippen LogP contribution in [0.25, 0.3) is 11.1 Å². The van der Waals surface area contributed by atoms with Crippen molar-refractivity contribution < 1.29 is 9.53 Å². The van der Waals surface area contributed by atoms with Gasteiger partial charge < -0.3 is 15.4 Å². The van der Waals surface area contributed by atoms with E-state index in [-0.39, 0.29) is 24.9 Å². The van der Waals surface area contributed by atoms with Crippen molar-refractivity contribution >= 4 is 29.9 Å². The second-order valence-electron chi connectivity index (χ2n) is 5.00. The summed E-state index contributed by atoms with van der Waals surface area (Å²) in [6, 6.07) is 15.5. The Morgan fingerprint density at radius 2 is 1.83 bits per heavy atom. The molecule has 4 nitrogen and oxygen atoms in total. The van der Waals surface area contributed by atoms with Crippen LogP contribution in [0.15, 0.2) is 48.5 Å². The molecule has 1 amide bonds. The Morgan fingerprint density at radius 3 is 2.50 bits per heavy atom. The fraction of sp³-hybridized carbons (Fsp3) is 0.278. The maximum Gasteiger partial charge on any atom is 0.257 e. The Labute approximate surface area is 154 Å². The molecule has 2 aromatic carbocycles. The number of likely N-dealkylation sites (N-methyl/N-ethyl adjacent to an activating group) is 1. The number of hydrogen-bond donors (Lipinski definition) is 2. The lowest BCUT2D eigenvalue weighted by molar-refractivity contribution is -0.123. The lowest BCUT2D eigenvalue weighted by atomic mass is 10.1. The molecule has 130 valence electrons. The Bertz CT molecular complexity index is 636. The van der Waals surface area contributed by atoms with Crippen molar-refractivity contribution in [2.24, 2.45) is 0 Å². The van der Waals surface area contributed by atoms with E-state index in [1.165, 1.54) is 0 Å². The van der Waals surface area contributed by atoms with Crippen LogP contribution in [0.2, 0.25) is 5.02 Å². The fourth-order valence-electron chi connectivity index (χ4n) is 2.09. The number of nitrogens with one attached hydrogen (secondary N) is 2. The minimum Gasteiger partial charge on any atom is -0.482 e. The van der Waals surface area contributed by atoms with Crippen LogP contribution in [0.1, 0.15) is 6.92 Å². The third-order valence-corrected chi connectivity index (χ3v) is 3.57. The van der Waals surface area contributed by atoms with E-state index in [1.807, 2.05) is 49.4 Å². The van der Waals surface area contributed by atoms with Crippen LogP contribution < -0.4 is 15.4 Å². The van der Waals surface area contributed by atoms with Gasteiger partial charge in [0.1, 0.15) is 5.75 Å². The molecule has 0 aliphatic carbocycles. The van der Waals surface area contributed by atoms with Gasteiger partial charge in [-0.15, -0.1) is 12.4 Å². The van der Waals surface area contributed by atoms with Crippen molar-refractivity contribution in [2.75, 3.05) is 26.2 Å². The number of carbonyl (C=O) groups excluding carboxylic acids is 1. The van der Waals surface area contributed by atoms with E-state index in [4.69, 9.17) is 16.3 Å². The first-order valence-electron chi connectivity index (χ1n) is 7.66. The maximum absolute atomic E-state index is 11.7. The summed E-state index contributed by atoms with van der Waals surface area (Å²) in [5.74, 6) is 0.347. The first kappa shape index (κ1) is 20.3. The van der Waals surface area contributed by atoms with Crippen LogP contribution in [0.3, 0.4) is 0 Å². The molecule has 0 spiro atoms. The van der Waals surface area contributed by atoms with Crippen LogP contribution in [0.5, 0.6) is 5.75 Å². The first-order chi connectivity index (χ1) is 11.2. The third-order valence-electron chi connectivity index (χ3n) is 3.27. The van der Waals surface area contributed by atoms with Crippen molar-refractivity contribution in [3.8, 4) is 16.9 Å². The number of carbonyl (C=O) groups is 1. The summed E-state index contributed by atoms with van der Waals surface area (Å²) in [4.78, 5) is 11.7. The highest BCUT2D eigenvalue weighted by molar-refractivity contribution is 6.32. The molecule has 0 aromatic heterocycles. The van der Waals surface area contributed by atoms with Gasteiger partial charge >= 0.3 is 0 Å². The number of halogens is 2. The average Bonchev–Trinajstić information content (AvgIpc) is 2.58. The second-order valence-corrected chi connectivity index (χ2v) is 5.41. The summed E-state index contributed by atoms with van der Waals surface area (Å²) in [7, 11) is 0. The molecule has 0 heterocycles. The van der Waals surface area contributed by atoms with Gasteiger partial charge in [0, 0.05) is 13.1 Å². The van der Waals surface area contributed by atoms with Gasteiger partial charge in [0.25, 0.3) is 5.91 Å². The molecule has 0 saturated carbocycles. The summed E-state index contributed by atoms with van der Waals surface area (Å²) in [6.45, 7) is 4.18. The molecule has 2 N–H and O–H groups in total. The summed E-state index contributed by atoms with van der Waals surface area (Å²) >= 11 is 6.24. The highest BCUT2D eigenvalue weighted by Gasteiger charge is 2.07. The zero-order valence-corrected chi connectivity index (χ0v) is 15.1. The molecule has 24 heavy (non-hydrogen) atoms. The van der Waals surface area contributed by atoms with E-state index in [0.29, 0.717) is 17.3 Å².